The van der Waals surface area contributed by atoms with Gasteiger partial charge in [-0.3, -0.25) is 4.79 Å². The molecular formula is C15H17ClN2O. The summed E-state index contributed by atoms with van der Waals surface area (Å²) in [7, 11) is 0. The van der Waals surface area contributed by atoms with Gasteiger partial charge in [-0.2, -0.15) is 0 Å². The zero-order valence-corrected chi connectivity index (χ0v) is 11.7. The Morgan fingerprint density at radius 3 is 3.11 bits per heavy atom. The zero-order valence-electron chi connectivity index (χ0n) is 10.9. The third-order valence-electron chi connectivity index (χ3n) is 3.88. The van der Waals surface area contributed by atoms with Crippen molar-refractivity contribution in [1.29, 1.82) is 0 Å². The highest BCUT2D eigenvalue weighted by atomic mass is 35.5. The van der Waals surface area contributed by atoms with Crippen LogP contribution in [0.1, 0.15) is 36.2 Å². The first-order chi connectivity index (χ1) is 9.20. The van der Waals surface area contributed by atoms with Crippen LogP contribution in [0.15, 0.2) is 18.2 Å². The molecule has 1 aromatic carbocycles. The van der Waals surface area contributed by atoms with Gasteiger partial charge < -0.3 is 10.3 Å². The van der Waals surface area contributed by atoms with Crippen LogP contribution in [0, 0.1) is 0 Å². The predicted octanol–water partition coefficient (Wildman–Crippen LogP) is 3.07. The molecular weight excluding hydrogens is 260 g/mol. The van der Waals surface area contributed by atoms with Crippen molar-refractivity contribution in [2.24, 2.45) is 0 Å². The fourth-order valence-corrected chi connectivity index (χ4v) is 3.09. The number of halogens is 1. The van der Waals surface area contributed by atoms with Crippen molar-refractivity contribution in [2.75, 3.05) is 5.88 Å². The number of aromatic amines is 1. The lowest BCUT2D eigenvalue weighted by Gasteiger charge is -2.14. The molecule has 1 heterocycles. The first-order valence-electron chi connectivity index (χ1n) is 6.68. The summed E-state index contributed by atoms with van der Waals surface area (Å²) < 4.78 is 0. The second kappa shape index (κ2) is 4.89. The molecule has 1 atom stereocenters. The van der Waals surface area contributed by atoms with Crippen LogP contribution in [0.2, 0.25) is 0 Å². The average molecular weight is 277 g/mol. The van der Waals surface area contributed by atoms with Crippen molar-refractivity contribution in [3.63, 3.8) is 0 Å². The van der Waals surface area contributed by atoms with E-state index in [2.05, 4.69) is 28.5 Å². The first kappa shape index (κ1) is 12.5. The minimum Gasteiger partial charge on any atom is -0.358 e. The van der Waals surface area contributed by atoms with Crippen molar-refractivity contribution in [3.8, 4) is 0 Å². The maximum Gasteiger partial charge on any atom is 0.235 e. The number of carbonyl (C=O) groups is 1. The second-order valence-electron chi connectivity index (χ2n) is 5.13. The second-order valence-corrected chi connectivity index (χ2v) is 5.40. The highest BCUT2D eigenvalue weighted by molar-refractivity contribution is 6.27. The van der Waals surface area contributed by atoms with E-state index in [0.717, 1.165) is 23.9 Å². The van der Waals surface area contributed by atoms with Crippen LogP contribution in [0.4, 0.5) is 0 Å². The van der Waals surface area contributed by atoms with Gasteiger partial charge in [-0.15, -0.1) is 11.6 Å². The third kappa shape index (κ3) is 2.12. The molecule has 1 amide bonds. The van der Waals surface area contributed by atoms with Crippen LogP contribution in [0.25, 0.3) is 10.9 Å². The Kier molecular flexibility index (Phi) is 3.23. The molecule has 1 aliphatic carbocycles. The molecule has 0 fully saturated rings. The number of aryl methyl sites for hydroxylation is 2. The number of nitrogens with one attached hydrogen (secondary N) is 2. The lowest BCUT2D eigenvalue weighted by molar-refractivity contribution is -0.119. The molecule has 0 saturated carbocycles. The molecule has 2 aromatic rings. The molecule has 0 bridgehead atoms. The lowest BCUT2D eigenvalue weighted by atomic mass is 10.0. The maximum atomic E-state index is 11.4. The summed E-state index contributed by atoms with van der Waals surface area (Å²) in [4.78, 5) is 15.0. The van der Waals surface area contributed by atoms with E-state index in [4.69, 9.17) is 11.6 Å². The van der Waals surface area contributed by atoms with E-state index in [1.54, 1.807) is 0 Å². The summed E-state index contributed by atoms with van der Waals surface area (Å²) in [5.74, 6) is -0.132. The fraction of sp³-hybridized carbons (Fsp3) is 0.400. The SMILES string of the molecule is CC(NC(=O)CCl)c1cccc2c3c([nH]c12)CCC3. The molecule has 4 heteroatoms. The van der Waals surface area contributed by atoms with E-state index >= 15 is 0 Å². The summed E-state index contributed by atoms with van der Waals surface area (Å²) in [6.45, 7) is 1.99. The van der Waals surface area contributed by atoms with E-state index in [9.17, 15) is 4.79 Å². The van der Waals surface area contributed by atoms with Crippen molar-refractivity contribution in [1.82, 2.24) is 10.3 Å². The van der Waals surface area contributed by atoms with E-state index < -0.39 is 0 Å². The maximum absolute atomic E-state index is 11.4. The summed E-state index contributed by atoms with van der Waals surface area (Å²) in [6, 6.07) is 6.25. The van der Waals surface area contributed by atoms with Crippen LogP contribution < -0.4 is 5.32 Å². The van der Waals surface area contributed by atoms with Gasteiger partial charge in [-0.05, 0) is 37.3 Å². The minimum absolute atomic E-state index is 0.00153. The largest absolute Gasteiger partial charge is 0.358 e. The molecule has 0 spiro atoms. The Balaban J connectivity index is 2.02. The van der Waals surface area contributed by atoms with Crippen LogP contribution >= 0.6 is 11.6 Å². The van der Waals surface area contributed by atoms with Crippen molar-refractivity contribution in [3.05, 3.63) is 35.0 Å². The van der Waals surface area contributed by atoms with Gasteiger partial charge >= 0.3 is 0 Å². The number of amides is 1. The number of aromatic nitrogens is 1. The molecule has 0 saturated heterocycles. The molecule has 2 N–H and O–H groups in total. The smallest absolute Gasteiger partial charge is 0.235 e. The van der Waals surface area contributed by atoms with Crippen molar-refractivity contribution >= 4 is 28.4 Å². The predicted molar refractivity (Wildman–Crippen MR) is 77.6 cm³/mol. The lowest BCUT2D eigenvalue weighted by Crippen LogP contribution is -2.27. The first-order valence-corrected chi connectivity index (χ1v) is 7.22. The number of H-pyrrole nitrogens is 1. The Bertz CT molecular complexity index is 632. The van der Waals surface area contributed by atoms with Crippen molar-refractivity contribution < 1.29 is 4.79 Å². The van der Waals surface area contributed by atoms with Gasteiger partial charge in [0.2, 0.25) is 5.91 Å². The summed E-state index contributed by atoms with van der Waals surface area (Å²) in [6.07, 6.45) is 3.52. The zero-order chi connectivity index (χ0) is 13.4. The normalized spacial score (nSPS) is 15.5. The van der Waals surface area contributed by atoms with Gasteiger partial charge in [0.25, 0.3) is 0 Å². The minimum atomic E-state index is -0.134. The van der Waals surface area contributed by atoms with Gasteiger partial charge in [-0.1, -0.05) is 18.2 Å². The quantitative estimate of drug-likeness (QED) is 0.832. The van der Waals surface area contributed by atoms with Crippen LogP contribution in [0.5, 0.6) is 0 Å². The highest BCUT2D eigenvalue weighted by Crippen LogP contribution is 2.33. The molecule has 1 aromatic heterocycles. The average Bonchev–Trinajstić information content (AvgIpc) is 2.98. The molecule has 3 nitrogen and oxygen atoms in total. The Morgan fingerprint density at radius 1 is 1.47 bits per heavy atom. The Labute approximate surface area is 117 Å². The fourth-order valence-electron chi connectivity index (χ4n) is 3.01. The van der Waals surface area contributed by atoms with Crippen LogP contribution in [-0.2, 0) is 17.6 Å². The molecule has 0 radical (unpaired) electrons. The van der Waals surface area contributed by atoms with E-state index in [-0.39, 0.29) is 17.8 Å². The summed E-state index contributed by atoms with van der Waals surface area (Å²) in [5.41, 5.74) is 5.10. The molecule has 3 rings (SSSR count). The van der Waals surface area contributed by atoms with Crippen LogP contribution in [-0.4, -0.2) is 16.8 Å². The summed E-state index contributed by atoms with van der Waals surface area (Å²) >= 11 is 5.54. The highest BCUT2D eigenvalue weighted by Gasteiger charge is 2.20. The van der Waals surface area contributed by atoms with Gasteiger partial charge in [0, 0.05) is 11.1 Å². The third-order valence-corrected chi connectivity index (χ3v) is 4.12. The monoisotopic (exact) mass is 276 g/mol. The Hall–Kier alpha value is -1.48. The number of carbonyl (C=O) groups excluding carboxylic acids is 1. The molecule has 1 aliphatic rings. The number of hydrogen-bond donors (Lipinski definition) is 2. The number of alkyl halides is 1. The number of fused-ring (bicyclic) bond motifs is 3. The topological polar surface area (TPSA) is 44.9 Å². The number of benzene rings is 1. The van der Waals surface area contributed by atoms with Crippen LogP contribution in [0.3, 0.4) is 0 Å². The van der Waals surface area contributed by atoms with Gasteiger partial charge in [0.1, 0.15) is 5.88 Å². The molecule has 1 unspecified atom stereocenters. The van der Waals surface area contributed by atoms with Gasteiger partial charge in [-0.25, -0.2) is 0 Å². The number of hydrogen-bond acceptors (Lipinski definition) is 1. The van der Waals surface area contributed by atoms with E-state index in [0.29, 0.717) is 0 Å². The van der Waals surface area contributed by atoms with Gasteiger partial charge in [0.05, 0.1) is 11.6 Å². The molecule has 100 valence electrons. The van der Waals surface area contributed by atoms with Gasteiger partial charge in [0.15, 0.2) is 0 Å². The number of rotatable bonds is 3. The van der Waals surface area contributed by atoms with E-state index in [1.165, 1.54) is 23.1 Å². The van der Waals surface area contributed by atoms with Crippen molar-refractivity contribution in [2.45, 2.75) is 32.2 Å². The molecule has 0 aliphatic heterocycles. The standard InChI is InChI=1S/C15H17ClN2O/c1-9(17-14(19)8-16)10-4-2-6-12-11-5-3-7-13(11)18-15(10)12/h2,4,6,9,18H,3,5,7-8H2,1H3,(H,17,19). The Morgan fingerprint density at radius 2 is 2.32 bits per heavy atom. The number of para-hydroxylation sites is 1. The summed E-state index contributed by atoms with van der Waals surface area (Å²) in [5, 5.41) is 4.21. The van der Waals surface area contributed by atoms with E-state index in [1.807, 2.05) is 6.92 Å². The molecule has 19 heavy (non-hydrogen) atoms.